The molecule has 0 bridgehead atoms. The van der Waals surface area contributed by atoms with Gasteiger partial charge < -0.3 is 20.4 Å². The van der Waals surface area contributed by atoms with Crippen molar-refractivity contribution in [2.45, 2.75) is 32.7 Å². The first-order valence-electron chi connectivity index (χ1n) is 9.64. The molecule has 3 amide bonds. The van der Waals surface area contributed by atoms with E-state index in [0.717, 1.165) is 37.9 Å². The molecule has 1 saturated heterocycles. The minimum atomic E-state index is 0. The molecule has 0 saturated carbocycles. The number of rotatable bonds is 8. The molecule has 0 spiro atoms. The van der Waals surface area contributed by atoms with E-state index < -0.39 is 0 Å². The van der Waals surface area contributed by atoms with E-state index in [1.807, 2.05) is 42.3 Å². The molecule has 27 heavy (non-hydrogen) atoms. The molecule has 1 aliphatic rings. The second kappa shape index (κ2) is 12.6. The van der Waals surface area contributed by atoms with Gasteiger partial charge in [-0.05, 0) is 31.4 Å². The Kier molecular flexibility index (Phi) is 10.8. The lowest BCUT2D eigenvalue weighted by Gasteiger charge is -2.34. The summed E-state index contributed by atoms with van der Waals surface area (Å²) in [6.45, 7) is 6.46. The van der Waals surface area contributed by atoms with Gasteiger partial charge in [-0.3, -0.25) is 4.79 Å². The van der Waals surface area contributed by atoms with E-state index in [4.69, 9.17) is 0 Å². The van der Waals surface area contributed by atoms with Gasteiger partial charge in [-0.2, -0.15) is 0 Å². The maximum Gasteiger partial charge on any atom is 0.320 e. The number of nitrogens with zero attached hydrogens (tertiary/aromatic N) is 2. The monoisotopic (exact) mass is 396 g/mol. The van der Waals surface area contributed by atoms with Crippen molar-refractivity contribution in [3.05, 3.63) is 35.9 Å². The number of hydrogen-bond acceptors (Lipinski definition) is 3. The van der Waals surface area contributed by atoms with Gasteiger partial charge in [0.1, 0.15) is 0 Å². The summed E-state index contributed by atoms with van der Waals surface area (Å²) in [6.07, 6.45) is 2.57. The molecular weight excluding hydrogens is 364 g/mol. The fourth-order valence-corrected chi connectivity index (χ4v) is 3.22. The van der Waals surface area contributed by atoms with Gasteiger partial charge in [0.15, 0.2) is 0 Å². The molecule has 6 nitrogen and oxygen atoms in total. The summed E-state index contributed by atoms with van der Waals surface area (Å²) in [5, 5.41) is 6.27. The average Bonchev–Trinajstić information content (AvgIpc) is 2.68. The molecule has 0 aromatic heterocycles. The summed E-state index contributed by atoms with van der Waals surface area (Å²) in [4.78, 5) is 28.4. The van der Waals surface area contributed by atoms with Crippen LogP contribution in [0.4, 0.5) is 4.79 Å². The highest BCUT2D eigenvalue weighted by Crippen LogP contribution is 2.18. The van der Waals surface area contributed by atoms with Crippen molar-refractivity contribution in [1.29, 1.82) is 0 Å². The number of carbonyl (C=O) groups excluding carboxylic acids is 2. The fourth-order valence-electron chi connectivity index (χ4n) is 3.22. The van der Waals surface area contributed by atoms with Crippen LogP contribution in [0.2, 0.25) is 0 Å². The lowest BCUT2D eigenvalue weighted by atomic mass is 9.96. The SMILES string of the molecule is CCCNCCNC(=O)C1CCN(C(=O)N(C)Cc2ccccc2)CC1.Cl. The van der Waals surface area contributed by atoms with Crippen LogP contribution in [0.5, 0.6) is 0 Å². The van der Waals surface area contributed by atoms with Crippen molar-refractivity contribution in [3.63, 3.8) is 0 Å². The molecule has 1 aliphatic heterocycles. The Bertz CT molecular complexity index is 562. The van der Waals surface area contributed by atoms with Crippen molar-refractivity contribution in [2.24, 2.45) is 5.92 Å². The van der Waals surface area contributed by atoms with Gasteiger partial charge >= 0.3 is 6.03 Å². The maximum atomic E-state index is 12.6. The third-order valence-corrected chi connectivity index (χ3v) is 4.75. The third kappa shape index (κ3) is 7.77. The van der Waals surface area contributed by atoms with Gasteiger partial charge in [-0.15, -0.1) is 12.4 Å². The highest BCUT2D eigenvalue weighted by Gasteiger charge is 2.28. The Balaban J connectivity index is 0.00000364. The number of amides is 3. The van der Waals surface area contributed by atoms with Crippen LogP contribution in [0.15, 0.2) is 30.3 Å². The zero-order valence-corrected chi connectivity index (χ0v) is 17.3. The Morgan fingerprint density at radius 1 is 1.11 bits per heavy atom. The Morgan fingerprint density at radius 2 is 1.78 bits per heavy atom. The van der Waals surface area contributed by atoms with Crippen molar-refractivity contribution in [1.82, 2.24) is 20.4 Å². The molecule has 1 fully saturated rings. The van der Waals surface area contributed by atoms with E-state index in [1.54, 1.807) is 4.90 Å². The van der Waals surface area contributed by atoms with Crippen LogP contribution in [-0.4, -0.2) is 61.5 Å². The molecule has 1 aromatic carbocycles. The van der Waals surface area contributed by atoms with Gasteiger partial charge in [0, 0.05) is 45.7 Å². The number of piperidine rings is 1. The summed E-state index contributed by atoms with van der Waals surface area (Å²) < 4.78 is 0. The molecule has 0 unspecified atom stereocenters. The largest absolute Gasteiger partial charge is 0.355 e. The predicted molar refractivity (Wildman–Crippen MR) is 111 cm³/mol. The van der Waals surface area contributed by atoms with Gasteiger partial charge in [0.2, 0.25) is 5.91 Å². The minimum Gasteiger partial charge on any atom is -0.355 e. The summed E-state index contributed by atoms with van der Waals surface area (Å²) >= 11 is 0. The zero-order valence-electron chi connectivity index (χ0n) is 16.4. The molecule has 0 aliphatic carbocycles. The van der Waals surface area contributed by atoms with Gasteiger partial charge in [0.05, 0.1) is 0 Å². The number of likely N-dealkylation sites (tertiary alicyclic amines) is 1. The first kappa shape index (κ1) is 23.2. The zero-order chi connectivity index (χ0) is 18.8. The van der Waals surface area contributed by atoms with Gasteiger partial charge in [-0.1, -0.05) is 37.3 Å². The van der Waals surface area contributed by atoms with Crippen LogP contribution < -0.4 is 10.6 Å². The van der Waals surface area contributed by atoms with Gasteiger partial charge in [-0.25, -0.2) is 4.79 Å². The van der Waals surface area contributed by atoms with E-state index in [0.29, 0.717) is 26.2 Å². The minimum absolute atomic E-state index is 0. The fraction of sp³-hybridized carbons (Fsp3) is 0.600. The predicted octanol–water partition coefficient (Wildman–Crippen LogP) is 2.49. The second-order valence-electron chi connectivity index (χ2n) is 6.93. The van der Waals surface area contributed by atoms with E-state index in [-0.39, 0.29) is 30.3 Å². The summed E-state index contributed by atoms with van der Waals surface area (Å²) in [5.41, 5.74) is 1.12. The molecule has 0 atom stereocenters. The first-order chi connectivity index (χ1) is 12.6. The molecule has 2 N–H and O–H groups in total. The topological polar surface area (TPSA) is 64.7 Å². The van der Waals surface area contributed by atoms with E-state index in [9.17, 15) is 9.59 Å². The quantitative estimate of drug-likeness (QED) is 0.663. The van der Waals surface area contributed by atoms with Crippen LogP contribution >= 0.6 is 12.4 Å². The second-order valence-corrected chi connectivity index (χ2v) is 6.93. The van der Waals surface area contributed by atoms with E-state index in [1.165, 1.54) is 0 Å². The molecule has 0 radical (unpaired) electrons. The van der Waals surface area contributed by atoms with Crippen molar-refractivity contribution in [3.8, 4) is 0 Å². The number of carbonyl (C=O) groups is 2. The van der Waals surface area contributed by atoms with Crippen LogP contribution in [-0.2, 0) is 11.3 Å². The number of hydrogen-bond donors (Lipinski definition) is 2. The number of halogens is 1. The smallest absolute Gasteiger partial charge is 0.320 e. The Morgan fingerprint density at radius 3 is 2.41 bits per heavy atom. The van der Waals surface area contributed by atoms with Crippen molar-refractivity contribution in [2.75, 3.05) is 39.8 Å². The molecule has 1 heterocycles. The van der Waals surface area contributed by atoms with E-state index >= 15 is 0 Å². The van der Waals surface area contributed by atoms with Crippen LogP contribution in [0.1, 0.15) is 31.7 Å². The third-order valence-electron chi connectivity index (χ3n) is 4.75. The molecule has 2 rings (SSSR count). The van der Waals surface area contributed by atoms with Crippen LogP contribution in [0, 0.1) is 5.92 Å². The van der Waals surface area contributed by atoms with Crippen molar-refractivity contribution < 1.29 is 9.59 Å². The Hall–Kier alpha value is -1.79. The lowest BCUT2D eigenvalue weighted by Crippen LogP contribution is -2.47. The molecule has 1 aromatic rings. The van der Waals surface area contributed by atoms with E-state index in [2.05, 4.69) is 17.6 Å². The molecule has 7 heteroatoms. The van der Waals surface area contributed by atoms with Crippen molar-refractivity contribution >= 4 is 24.3 Å². The van der Waals surface area contributed by atoms with Crippen LogP contribution in [0.25, 0.3) is 0 Å². The average molecular weight is 397 g/mol. The molecular formula is C20H33ClN4O2. The number of nitrogens with one attached hydrogen (secondary N) is 2. The number of urea groups is 1. The summed E-state index contributed by atoms with van der Waals surface area (Å²) in [7, 11) is 1.83. The molecule has 152 valence electrons. The van der Waals surface area contributed by atoms with Gasteiger partial charge in [0.25, 0.3) is 0 Å². The maximum absolute atomic E-state index is 12.6. The summed E-state index contributed by atoms with van der Waals surface area (Å²) in [6, 6.07) is 10.0. The summed E-state index contributed by atoms with van der Waals surface area (Å²) in [5.74, 6) is 0.137. The lowest BCUT2D eigenvalue weighted by molar-refractivity contribution is -0.126. The number of benzene rings is 1. The highest BCUT2D eigenvalue weighted by molar-refractivity contribution is 5.85. The first-order valence-corrected chi connectivity index (χ1v) is 9.64. The Labute approximate surface area is 169 Å². The standard InChI is InChI=1S/C20H32N4O2.ClH/c1-3-11-21-12-13-22-19(25)18-9-14-24(15-10-18)20(26)23(2)16-17-7-5-4-6-8-17;/h4-8,18,21H,3,9-16H2,1-2H3,(H,22,25);1H. The normalized spacial score (nSPS) is 14.4. The highest BCUT2D eigenvalue weighted by atomic mass is 35.5. The van der Waals surface area contributed by atoms with Crippen LogP contribution in [0.3, 0.4) is 0 Å².